The van der Waals surface area contributed by atoms with Crippen molar-refractivity contribution >= 4 is 23.7 Å². The van der Waals surface area contributed by atoms with Gasteiger partial charge in [-0.15, -0.1) is 0 Å². The molecule has 101 valence electrons. The summed E-state index contributed by atoms with van der Waals surface area (Å²) in [5, 5.41) is 11.1. The Bertz CT molecular complexity index is 364. The monoisotopic (exact) mass is 258 g/mol. The van der Waals surface area contributed by atoms with E-state index in [1.165, 1.54) is 0 Å². The Balaban J connectivity index is 4.81. The molecule has 0 saturated carbocycles. The smallest absolute Gasteiger partial charge is 0.313 e. The van der Waals surface area contributed by atoms with Crippen molar-refractivity contribution in [2.45, 2.75) is 19.4 Å². The molecule has 18 heavy (non-hydrogen) atoms. The number of aliphatic imine (C=N–C) groups is 1. The number of primary amides is 1. The highest BCUT2D eigenvalue weighted by atomic mass is 16.4. The van der Waals surface area contributed by atoms with Crippen LogP contribution in [0.3, 0.4) is 0 Å². The summed E-state index contributed by atoms with van der Waals surface area (Å²) in [4.78, 5) is 36.6. The number of carbonyl (C=O) groups excluding carboxylic acids is 2. The van der Waals surface area contributed by atoms with E-state index in [0.717, 1.165) is 6.92 Å². The molecule has 0 aromatic heterocycles. The number of guanidine groups is 1. The lowest BCUT2D eigenvalue weighted by atomic mass is 9.95. The molecule has 0 bridgehead atoms. The summed E-state index contributed by atoms with van der Waals surface area (Å²) in [6, 6.07) is -1.38. The van der Waals surface area contributed by atoms with Gasteiger partial charge in [0.1, 0.15) is 12.0 Å². The van der Waals surface area contributed by atoms with Gasteiger partial charge in [-0.3, -0.25) is 19.4 Å². The number of carboxylic acid groups (broad SMARTS) is 1. The van der Waals surface area contributed by atoms with Crippen molar-refractivity contribution in [2.24, 2.45) is 22.2 Å². The molecule has 0 aliphatic rings. The number of carboxylic acids is 1. The van der Waals surface area contributed by atoms with E-state index in [1.54, 1.807) is 0 Å². The number of nitrogens with one attached hydrogen (secondary N) is 1. The molecule has 9 heteroatoms. The summed E-state index contributed by atoms with van der Waals surface area (Å²) < 4.78 is 0. The van der Waals surface area contributed by atoms with Crippen molar-refractivity contribution in [2.75, 3.05) is 6.54 Å². The Labute approximate surface area is 103 Å². The first-order valence-corrected chi connectivity index (χ1v) is 4.96. The highest BCUT2D eigenvalue weighted by molar-refractivity contribution is 5.97. The van der Waals surface area contributed by atoms with Crippen molar-refractivity contribution in [1.82, 2.24) is 5.32 Å². The third-order valence-electron chi connectivity index (χ3n) is 1.93. The highest BCUT2D eigenvalue weighted by Gasteiger charge is 2.33. The lowest BCUT2D eigenvalue weighted by Crippen LogP contribution is -2.50. The zero-order chi connectivity index (χ0) is 14.3. The van der Waals surface area contributed by atoms with Gasteiger partial charge in [-0.05, 0) is 6.42 Å². The van der Waals surface area contributed by atoms with Gasteiger partial charge in [0.25, 0.3) is 0 Å². The van der Waals surface area contributed by atoms with Crippen LogP contribution in [0.1, 0.15) is 13.3 Å². The number of aliphatic carboxylic acids is 1. The molecule has 8 N–H and O–H groups in total. The highest BCUT2D eigenvalue weighted by Crippen LogP contribution is 2.12. The number of hydrogen-bond acceptors (Lipinski definition) is 4. The number of nitrogens with zero attached hydrogens (tertiary/aromatic N) is 1. The summed E-state index contributed by atoms with van der Waals surface area (Å²) in [5.74, 6) is -3.36. The molecule has 9 nitrogen and oxygen atoms in total. The van der Waals surface area contributed by atoms with Gasteiger partial charge in [-0.25, -0.2) is 0 Å². The average molecular weight is 258 g/mol. The summed E-state index contributed by atoms with van der Waals surface area (Å²) in [7, 11) is 0. The van der Waals surface area contributed by atoms with Crippen LogP contribution in [0, 0.1) is 5.92 Å². The van der Waals surface area contributed by atoms with Crippen molar-refractivity contribution < 1.29 is 19.5 Å². The van der Waals surface area contributed by atoms with Gasteiger partial charge in [0, 0.05) is 13.5 Å². The van der Waals surface area contributed by atoms with E-state index in [1.807, 2.05) is 0 Å². The molecule has 0 fully saturated rings. The first kappa shape index (κ1) is 15.7. The summed E-state index contributed by atoms with van der Waals surface area (Å²) in [6.07, 6.45) is -0.110. The second-order valence-electron chi connectivity index (χ2n) is 3.42. The molecule has 1 radical (unpaired) electrons. The topological polar surface area (TPSA) is 174 Å². The second-order valence-corrected chi connectivity index (χ2v) is 3.42. The van der Waals surface area contributed by atoms with Gasteiger partial charge in [0.2, 0.25) is 11.8 Å². The predicted octanol–water partition coefficient (Wildman–Crippen LogP) is -2.70. The Morgan fingerprint density at radius 3 is 2.17 bits per heavy atom. The molecular formula is C9H16N5O4. The Hall–Kier alpha value is -2.32. The average Bonchev–Trinajstić information content (AvgIpc) is 2.20. The minimum absolute atomic E-state index is 0.0205. The van der Waals surface area contributed by atoms with E-state index in [0.29, 0.717) is 0 Å². The summed E-state index contributed by atoms with van der Waals surface area (Å²) >= 11 is 0. The number of carbonyl (C=O) groups is 3. The molecule has 0 aliphatic heterocycles. The third-order valence-corrected chi connectivity index (χ3v) is 1.93. The van der Waals surface area contributed by atoms with Crippen molar-refractivity contribution in [3.05, 3.63) is 5.92 Å². The maximum absolute atomic E-state index is 11.1. The first-order chi connectivity index (χ1) is 8.25. The number of hydrogen-bond donors (Lipinski definition) is 5. The Kier molecular flexibility index (Phi) is 6.18. The fraction of sp³-hybridized carbons (Fsp3) is 0.444. The molecule has 0 heterocycles. The first-order valence-electron chi connectivity index (χ1n) is 4.96. The van der Waals surface area contributed by atoms with Crippen LogP contribution in [-0.4, -0.2) is 41.4 Å². The van der Waals surface area contributed by atoms with Crippen LogP contribution < -0.4 is 22.5 Å². The molecule has 0 spiro atoms. The van der Waals surface area contributed by atoms with Crippen molar-refractivity contribution in [1.29, 1.82) is 0 Å². The molecule has 1 unspecified atom stereocenters. The zero-order valence-electron chi connectivity index (χ0n) is 9.84. The second kappa shape index (κ2) is 7.09. The van der Waals surface area contributed by atoms with Crippen LogP contribution in [0.25, 0.3) is 0 Å². The molecule has 1 atom stereocenters. The SMILES string of the molecule is CC(=O)NC([C](CCN=C(N)N)C(=O)O)C(N)=O. The fourth-order valence-electron chi connectivity index (χ4n) is 1.21. The molecular weight excluding hydrogens is 242 g/mol. The van der Waals surface area contributed by atoms with Gasteiger partial charge in [-0.2, -0.15) is 0 Å². The van der Waals surface area contributed by atoms with E-state index >= 15 is 0 Å². The summed E-state index contributed by atoms with van der Waals surface area (Å²) in [6.45, 7) is 1.12. The molecule has 0 aromatic carbocycles. The third kappa shape index (κ3) is 5.68. The predicted molar refractivity (Wildman–Crippen MR) is 63.0 cm³/mol. The lowest BCUT2D eigenvalue weighted by molar-refractivity contribution is -0.137. The van der Waals surface area contributed by atoms with E-state index in [4.69, 9.17) is 22.3 Å². The molecule has 0 saturated heterocycles. The van der Waals surface area contributed by atoms with Gasteiger partial charge in [0.05, 0.1) is 0 Å². The molecule has 0 aromatic rings. The van der Waals surface area contributed by atoms with Crippen LogP contribution in [-0.2, 0) is 14.4 Å². The van der Waals surface area contributed by atoms with Gasteiger partial charge in [-0.1, -0.05) is 0 Å². The summed E-state index contributed by atoms with van der Waals surface area (Å²) in [5.41, 5.74) is 15.2. The van der Waals surface area contributed by atoms with Gasteiger partial charge < -0.3 is 27.6 Å². The van der Waals surface area contributed by atoms with E-state index in [9.17, 15) is 14.4 Å². The van der Waals surface area contributed by atoms with Crippen LogP contribution in [0.15, 0.2) is 4.99 Å². The largest absolute Gasteiger partial charge is 0.481 e. The standard InChI is InChI=1S/C9H16N5O4/c1-4(15)14-6(7(10)16)5(8(17)18)2-3-13-9(11)12/h6H,2-3H2,1H3,(H2,10,16)(H,14,15)(H,17,18)(H4,11,12,13). The van der Waals surface area contributed by atoms with Crippen LogP contribution >= 0.6 is 0 Å². The number of amides is 2. The Morgan fingerprint density at radius 1 is 1.28 bits per heavy atom. The van der Waals surface area contributed by atoms with Crippen LogP contribution in [0.5, 0.6) is 0 Å². The van der Waals surface area contributed by atoms with E-state index in [2.05, 4.69) is 10.3 Å². The molecule has 0 aliphatic carbocycles. The molecule has 2 amide bonds. The fourth-order valence-corrected chi connectivity index (χ4v) is 1.21. The van der Waals surface area contributed by atoms with E-state index in [-0.39, 0.29) is 24.8 Å². The van der Waals surface area contributed by atoms with Crippen molar-refractivity contribution in [3.63, 3.8) is 0 Å². The zero-order valence-corrected chi connectivity index (χ0v) is 9.84. The van der Waals surface area contributed by atoms with E-state index < -0.39 is 23.8 Å². The normalized spacial score (nSPS) is 11.7. The van der Waals surface area contributed by atoms with Crippen LogP contribution in [0.2, 0.25) is 0 Å². The Morgan fingerprint density at radius 2 is 1.83 bits per heavy atom. The number of rotatable bonds is 7. The maximum atomic E-state index is 11.1. The lowest BCUT2D eigenvalue weighted by Gasteiger charge is -2.20. The maximum Gasteiger partial charge on any atom is 0.313 e. The van der Waals surface area contributed by atoms with Gasteiger partial charge in [0.15, 0.2) is 5.96 Å². The van der Waals surface area contributed by atoms with Gasteiger partial charge >= 0.3 is 5.97 Å². The number of nitrogens with two attached hydrogens (primary N) is 3. The van der Waals surface area contributed by atoms with Crippen molar-refractivity contribution in [3.8, 4) is 0 Å². The molecule has 0 rings (SSSR count). The minimum atomic E-state index is -1.38. The minimum Gasteiger partial charge on any atom is -0.481 e. The quantitative estimate of drug-likeness (QED) is 0.245. The van der Waals surface area contributed by atoms with Crippen LogP contribution in [0.4, 0.5) is 0 Å².